The number of carbonyl (C=O) groups excluding carboxylic acids is 1. The summed E-state index contributed by atoms with van der Waals surface area (Å²) >= 11 is 0. The predicted molar refractivity (Wildman–Crippen MR) is 98.9 cm³/mol. The minimum absolute atomic E-state index is 0.0172. The zero-order valence-corrected chi connectivity index (χ0v) is 16.2. The number of amides is 1. The maximum atomic E-state index is 12.7. The van der Waals surface area contributed by atoms with Gasteiger partial charge in [-0.3, -0.25) is 9.69 Å². The Morgan fingerprint density at radius 3 is 2.16 bits per heavy atom. The van der Waals surface area contributed by atoms with Crippen molar-refractivity contribution in [1.29, 1.82) is 0 Å². The number of hydrogen-bond acceptors (Lipinski definition) is 4. The molecule has 0 bridgehead atoms. The smallest absolute Gasteiger partial charge is 0.243 e. The lowest BCUT2D eigenvalue weighted by Crippen LogP contribution is -2.51. The van der Waals surface area contributed by atoms with Gasteiger partial charge in [0.2, 0.25) is 15.9 Å². The van der Waals surface area contributed by atoms with Gasteiger partial charge in [0.25, 0.3) is 0 Å². The largest absolute Gasteiger partial charge is 0.352 e. The van der Waals surface area contributed by atoms with Crippen molar-refractivity contribution in [2.24, 2.45) is 0 Å². The van der Waals surface area contributed by atoms with Gasteiger partial charge >= 0.3 is 0 Å². The number of nitrogens with zero attached hydrogens (tertiary/aromatic N) is 2. The maximum Gasteiger partial charge on any atom is 0.243 e. The minimum Gasteiger partial charge on any atom is -0.352 e. The highest BCUT2D eigenvalue weighted by atomic mass is 32.2. The molecule has 7 heteroatoms. The lowest BCUT2D eigenvalue weighted by molar-refractivity contribution is -0.123. The molecule has 1 aromatic carbocycles. The highest BCUT2D eigenvalue weighted by Gasteiger charge is 2.29. The normalized spacial score (nSPS) is 17.0. The van der Waals surface area contributed by atoms with Crippen LogP contribution >= 0.6 is 0 Å². The van der Waals surface area contributed by atoms with Crippen LogP contribution in [0.4, 0.5) is 0 Å². The fourth-order valence-electron chi connectivity index (χ4n) is 2.96. The molecule has 0 spiro atoms. The molecule has 2 rings (SSSR count). The first kappa shape index (κ1) is 19.9. The lowest BCUT2D eigenvalue weighted by atomic mass is 10.2. The Morgan fingerprint density at radius 2 is 1.64 bits per heavy atom. The third-order valence-electron chi connectivity index (χ3n) is 4.71. The number of hydrogen-bond donors (Lipinski definition) is 1. The van der Waals surface area contributed by atoms with Gasteiger partial charge in [0.05, 0.1) is 11.4 Å². The van der Waals surface area contributed by atoms with Gasteiger partial charge in [-0.05, 0) is 31.9 Å². The first-order valence-electron chi connectivity index (χ1n) is 8.95. The van der Waals surface area contributed by atoms with Crippen molar-refractivity contribution in [2.45, 2.75) is 44.6 Å². The molecule has 1 aromatic rings. The van der Waals surface area contributed by atoms with Crippen LogP contribution < -0.4 is 5.32 Å². The Balaban J connectivity index is 1.88. The van der Waals surface area contributed by atoms with Crippen molar-refractivity contribution in [3.63, 3.8) is 0 Å². The van der Waals surface area contributed by atoms with Gasteiger partial charge in [0.1, 0.15) is 0 Å². The van der Waals surface area contributed by atoms with Crippen molar-refractivity contribution in [2.75, 3.05) is 32.7 Å². The molecule has 1 amide bonds. The second-order valence-electron chi connectivity index (χ2n) is 6.57. The molecule has 0 radical (unpaired) electrons. The fraction of sp³-hybridized carbons (Fsp3) is 0.611. The summed E-state index contributed by atoms with van der Waals surface area (Å²) in [6, 6.07) is 7.15. The van der Waals surface area contributed by atoms with E-state index in [2.05, 4.69) is 19.2 Å². The topological polar surface area (TPSA) is 69.7 Å². The summed E-state index contributed by atoms with van der Waals surface area (Å²) < 4.78 is 26.9. The van der Waals surface area contributed by atoms with Gasteiger partial charge in [-0.25, -0.2) is 8.42 Å². The van der Waals surface area contributed by atoms with E-state index in [4.69, 9.17) is 0 Å². The van der Waals surface area contributed by atoms with E-state index in [9.17, 15) is 13.2 Å². The Bertz CT molecular complexity index is 661. The summed E-state index contributed by atoms with van der Waals surface area (Å²) in [5, 5.41) is 3.02. The average Bonchev–Trinajstić information content (AvgIpc) is 2.60. The van der Waals surface area contributed by atoms with Crippen LogP contribution in [0.1, 0.15) is 32.3 Å². The maximum absolute atomic E-state index is 12.7. The third kappa shape index (κ3) is 5.26. The van der Waals surface area contributed by atoms with E-state index in [0.29, 0.717) is 37.6 Å². The molecule has 1 N–H and O–H groups in total. The molecule has 0 atom stereocenters. The second-order valence-corrected chi connectivity index (χ2v) is 8.51. The first-order valence-corrected chi connectivity index (χ1v) is 10.4. The summed E-state index contributed by atoms with van der Waals surface area (Å²) in [5.74, 6) is 0.0172. The summed E-state index contributed by atoms with van der Waals surface area (Å²) in [6.07, 6.45) is 1.84. The number of sulfonamides is 1. The van der Waals surface area contributed by atoms with Gasteiger partial charge in [0.15, 0.2) is 0 Å². The molecule has 1 aliphatic heterocycles. The van der Waals surface area contributed by atoms with E-state index in [0.717, 1.165) is 18.4 Å². The summed E-state index contributed by atoms with van der Waals surface area (Å²) in [6.45, 7) is 8.34. The standard InChI is InChI=1S/C18H29N3O3S/c1-4-16(5-2)19-18(22)14-20-10-12-21(13-11-20)25(23,24)17-8-6-15(3)7-9-17/h6-9,16H,4-5,10-14H2,1-3H3,(H,19,22). The van der Waals surface area contributed by atoms with Crippen LogP contribution in [-0.2, 0) is 14.8 Å². The number of benzene rings is 1. The van der Waals surface area contributed by atoms with E-state index >= 15 is 0 Å². The van der Waals surface area contributed by atoms with Crippen LogP contribution in [0.15, 0.2) is 29.2 Å². The monoisotopic (exact) mass is 367 g/mol. The molecule has 1 fully saturated rings. The Labute approximate surface area is 151 Å². The fourth-order valence-corrected chi connectivity index (χ4v) is 4.38. The Hall–Kier alpha value is -1.44. The molecule has 0 aromatic heterocycles. The lowest BCUT2D eigenvalue weighted by Gasteiger charge is -2.33. The van der Waals surface area contributed by atoms with Gasteiger partial charge in [-0.15, -0.1) is 0 Å². The summed E-state index contributed by atoms with van der Waals surface area (Å²) in [4.78, 5) is 14.4. The van der Waals surface area contributed by atoms with Crippen molar-refractivity contribution >= 4 is 15.9 Å². The van der Waals surface area contributed by atoms with Crippen LogP contribution in [0.5, 0.6) is 0 Å². The van der Waals surface area contributed by atoms with Gasteiger partial charge in [-0.2, -0.15) is 4.31 Å². The number of carbonyl (C=O) groups is 1. The van der Waals surface area contributed by atoms with Gasteiger partial charge < -0.3 is 5.32 Å². The van der Waals surface area contributed by atoms with Crippen LogP contribution in [0, 0.1) is 6.92 Å². The van der Waals surface area contributed by atoms with Crippen molar-refractivity contribution < 1.29 is 13.2 Å². The minimum atomic E-state index is -3.45. The molecular weight excluding hydrogens is 338 g/mol. The van der Waals surface area contributed by atoms with Crippen molar-refractivity contribution in [3.05, 3.63) is 29.8 Å². The molecule has 6 nitrogen and oxygen atoms in total. The molecule has 25 heavy (non-hydrogen) atoms. The van der Waals surface area contributed by atoms with Gasteiger partial charge in [0, 0.05) is 32.2 Å². The number of piperazine rings is 1. The molecular formula is C18H29N3O3S. The SMILES string of the molecule is CCC(CC)NC(=O)CN1CCN(S(=O)(=O)c2ccc(C)cc2)CC1. The zero-order chi connectivity index (χ0) is 18.4. The van der Waals surface area contributed by atoms with Crippen LogP contribution in [-0.4, -0.2) is 62.3 Å². The zero-order valence-electron chi connectivity index (χ0n) is 15.4. The highest BCUT2D eigenvalue weighted by molar-refractivity contribution is 7.89. The van der Waals surface area contributed by atoms with E-state index < -0.39 is 10.0 Å². The van der Waals surface area contributed by atoms with Crippen LogP contribution in [0.3, 0.4) is 0 Å². The number of aryl methyl sites for hydroxylation is 1. The summed E-state index contributed by atoms with van der Waals surface area (Å²) in [5.41, 5.74) is 1.03. The Kier molecular flexibility index (Phi) is 6.98. The van der Waals surface area contributed by atoms with E-state index in [1.807, 2.05) is 24.0 Å². The molecule has 0 unspecified atom stereocenters. The van der Waals surface area contributed by atoms with E-state index in [1.165, 1.54) is 4.31 Å². The van der Waals surface area contributed by atoms with Crippen LogP contribution in [0.2, 0.25) is 0 Å². The third-order valence-corrected chi connectivity index (χ3v) is 6.62. The average molecular weight is 368 g/mol. The molecule has 0 aliphatic carbocycles. The van der Waals surface area contributed by atoms with E-state index in [-0.39, 0.29) is 11.9 Å². The summed E-state index contributed by atoms with van der Waals surface area (Å²) in [7, 11) is -3.45. The first-order chi connectivity index (χ1) is 11.9. The second kappa shape index (κ2) is 8.78. The van der Waals surface area contributed by atoms with Gasteiger partial charge in [-0.1, -0.05) is 31.5 Å². The highest BCUT2D eigenvalue weighted by Crippen LogP contribution is 2.18. The molecule has 1 saturated heterocycles. The molecule has 140 valence electrons. The number of rotatable bonds is 7. The predicted octanol–water partition coefficient (Wildman–Crippen LogP) is 1.61. The number of nitrogens with one attached hydrogen (secondary N) is 1. The Morgan fingerprint density at radius 1 is 1.08 bits per heavy atom. The molecule has 1 heterocycles. The molecule has 1 aliphatic rings. The van der Waals surface area contributed by atoms with Crippen molar-refractivity contribution in [1.82, 2.24) is 14.5 Å². The van der Waals surface area contributed by atoms with Crippen molar-refractivity contribution in [3.8, 4) is 0 Å². The van der Waals surface area contributed by atoms with Crippen LogP contribution in [0.25, 0.3) is 0 Å². The van der Waals surface area contributed by atoms with E-state index in [1.54, 1.807) is 12.1 Å². The molecule has 0 saturated carbocycles. The quantitative estimate of drug-likeness (QED) is 0.795.